The van der Waals surface area contributed by atoms with Gasteiger partial charge in [-0.15, -0.1) is 0 Å². The van der Waals surface area contributed by atoms with E-state index in [1.54, 1.807) is 0 Å². The molecule has 96 valence electrons. The zero-order valence-electron chi connectivity index (χ0n) is 10.7. The Hall–Kier alpha value is -0.870. The summed E-state index contributed by atoms with van der Waals surface area (Å²) in [4.78, 5) is 16.5. The van der Waals surface area contributed by atoms with Crippen LogP contribution in [0.5, 0.6) is 0 Å². The summed E-state index contributed by atoms with van der Waals surface area (Å²) in [5.74, 6) is 0.303. The molecular weight excluding hydrogens is 214 g/mol. The van der Waals surface area contributed by atoms with E-state index >= 15 is 0 Å². The van der Waals surface area contributed by atoms with Crippen molar-refractivity contribution in [2.75, 3.05) is 39.3 Å². The van der Waals surface area contributed by atoms with Crippen molar-refractivity contribution in [3.8, 4) is 0 Å². The fraction of sp³-hybridized carbons (Fsp3) is 0.769. The van der Waals surface area contributed by atoms with Crippen molar-refractivity contribution < 1.29 is 4.79 Å². The lowest BCUT2D eigenvalue weighted by Gasteiger charge is -2.36. The molecule has 0 aliphatic carbocycles. The number of rotatable bonds is 3. The molecule has 2 aliphatic heterocycles. The first-order chi connectivity index (χ1) is 8.16. The summed E-state index contributed by atoms with van der Waals surface area (Å²) in [5.41, 5.74) is 1.20. The Labute approximate surface area is 104 Å². The molecule has 2 heterocycles. The monoisotopic (exact) mass is 237 g/mol. The first-order valence-corrected chi connectivity index (χ1v) is 6.56. The average molecular weight is 237 g/mol. The van der Waals surface area contributed by atoms with Crippen molar-refractivity contribution in [2.45, 2.75) is 25.8 Å². The highest BCUT2D eigenvalue weighted by atomic mass is 16.2. The van der Waals surface area contributed by atoms with Crippen LogP contribution in [-0.4, -0.2) is 61.0 Å². The molecule has 2 aliphatic rings. The van der Waals surface area contributed by atoms with Gasteiger partial charge in [0.1, 0.15) is 0 Å². The molecule has 1 atom stereocenters. The van der Waals surface area contributed by atoms with E-state index in [-0.39, 0.29) is 6.04 Å². The molecular formula is C13H23N3O. The summed E-state index contributed by atoms with van der Waals surface area (Å²) in [6, 6.07) is 0.0858. The maximum absolute atomic E-state index is 12.2. The quantitative estimate of drug-likeness (QED) is 0.724. The molecule has 1 unspecified atom stereocenters. The molecule has 0 spiro atoms. The van der Waals surface area contributed by atoms with Crippen LogP contribution in [-0.2, 0) is 4.79 Å². The molecule has 0 aromatic heterocycles. The third-order valence-electron chi connectivity index (χ3n) is 3.54. The van der Waals surface area contributed by atoms with Crippen molar-refractivity contribution >= 4 is 5.91 Å². The van der Waals surface area contributed by atoms with Gasteiger partial charge in [-0.2, -0.15) is 0 Å². The second-order valence-corrected chi connectivity index (χ2v) is 5.21. The van der Waals surface area contributed by atoms with Crippen molar-refractivity contribution in [2.24, 2.45) is 0 Å². The number of nitrogens with zero attached hydrogens (tertiary/aromatic N) is 2. The third-order valence-corrected chi connectivity index (χ3v) is 3.54. The lowest BCUT2D eigenvalue weighted by atomic mass is 10.2. The molecule has 2 rings (SSSR count). The Morgan fingerprint density at radius 3 is 2.59 bits per heavy atom. The van der Waals surface area contributed by atoms with Gasteiger partial charge in [0.25, 0.3) is 0 Å². The summed E-state index contributed by atoms with van der Waals surface area (Å²) in [7, 11) is 0. The minimum absolute atomic E-state index is 0.0858. The van der Waals surface area contributed by atoms with Crippen LogP contribution >= 0.6 is 0 Å². The molecule has 2 saturated heterocycles. The highest BCUT2D eigenvalue weighted by Gasteiger charge is 2.28. The lowest BCUT2D eigenvalue weighted by molar-refractivity contribution is -0.134. The summed E-state index contributed by atoms with van der Waals surface area (Å²) >= 11 is 0. The molecule has 0 aromatic carbocycles. The van der Waals surface area contributed by atoms with Crippen LogP contribution in [0.2, 0.25) is 0 Å². The second kappa shape index (κ2) is 5.65. The van der Waals surface area contributed by atoms with Gasteiger partial charge in [-0.3, -0.25) is 9.69 Å². The van der Waals surface area contributed by atoms with E-state index in [4.69, 9.17) is 0 Å². The smallest absolute Gasteiger partial charge is 0.239 e. The number of carbonyl (C=O) groups is 1. The van der Waals surface area contributed by atoms with E-state index in [0.29, 0.717) is 5.91 Å². The molecule has 0 radical (unpaired) electrons. The molecule has 0 bridgehead atoms. The zero-order valence-corrected chi connectivity index (χ0v) is 10.7. The minimum Gasteiger partial charge on any atom is -0.339 e. The molecule has 2 fully saturated rings. The number of amides is 1. The number of hydrogen-bond acceptors (Lipinski definition) is 3. The van der Waals surface area contributed by atoms with E-state index < -0.39 is 0 Å². The molecule has 1 amide bonds. The Balaban J connectivity index is 1.78. The number of hydrogen-bond donors (Lipinski definition) is 1. The first kappa shape index (κ1) is 12.6. The molecule has 17 heavy (non-hydrogen) atoms. The summed E-state index contributed by atoms with van der Waals surface area (Å²) in [6.45, 7) is 11.6. The van der Waals surface area contributed by atoms with Crippen molar-refractivity contribution in [1.29, 1.82) is 0 Å². The Morgan fingerprint density at radius 1 is 1.35 bits per heavy atom. The van der Waals surface area contributed by atoms with E-state index in [1.165, 1.54) is 5.57 Å². The number of piperazine rings is 1. The van der Waals surface area contributed by atoms with Crippen molar-refractivity contribution in [3.63, 3.8) is 0 Å². The van der Waals surface area contributed by atoms with Gasteiger partial charge >= 0.3 is 0 Å². The predicted octanol–water partition coefficient (Wildman–Crippen LogP) is 0.459. The van der Waals surface area contributed by atoms with Crippen LogP contribution in [0.25, 0.3) is 0 Å². The van der Waals surface area contributed by atoms with Crippen molar-refractivity contribution in [3.05, 3.63) is 12.2 Å². The van der Waals surface area contributed by atoms with Crippen LogP contribution in [0.1, 0.15) is 19.8 Å². The highest BCUT2D eigenvalue weighted by Crippen LogP contribution is 2.11. The van der Waals surface area contributed by atoms with Crippen LogP contribution in [0, 0.1) is 0 Å². The number of carbonyl (C=O) groups excluding carboxylic acids is 1. The van der Waals surface area contributed by atoms with Crippen LogP contribution < -0.4 is 5.32 Å². The molecule has 0 saturated carbocycles. The van der Waals surface area contributed by atoms with E-state index in [0.717, 1.165) is 52.1 Å². The van der Waals surface area contributed by atoms with Gasteiger partial charge in [-0.05, 0) is 26.3 Å². The van der Waals surface area contributed by atoms with Crippen LogP contribution in [0.3, 0.4) is 0 Å². The minimum atomic E-state index is 0.0858. The fourth-order valence-corrected chi connectivity index (χ4v) is 2.62. The van der Waals surface area contributed by atoms with Gasteiger partial charge in [0.15, 0.2) is 0 Å². The normalized spacial score (nSPS) is 26.2. The van der Waals surface area contributed by atoms with Gasteiger partial charge in [0.05, 0.1) is 6.04 Å². The summed E-state index contributed by atoms with van der Waals surface area (Å²) in [5, 5.41) is 3.28. The predicted molar refractivity (Wildman–Crippen MR) is 68.9 cm³/mol. The fourth-order valence-electron chi connectivity index (χ4n) is 2.62. The highest BCUT2D eigenvalue weighted by molar-refractivity contribution is 5.82. The Morgan fingerprint density at radius 2 is 2.06 bits per heavy atom. The topological polar surface area (TPSA) is 35.6 Å². The second-order valence-electron chi connectivity index (χ2n) is 5.21. The van der Waals surface area contributed by atoms with Gasteiger partial charge in [-0.25, -0.2) is 0 Å². The van der Waals surface area contributed by atoms with Gasteiger partial charge in [0.2, 0.25) is 5.91 Å². The van der Waals surface area contributed by atoms with Crippen molar-refractivity contribution in [1.82, 2.24) is 15.1 Å². The number of nitrogens with one attached hydrogen (secondary N) is 1. The van der Waals surface area contributed by atoms with E-state index in [2.05, 4.69) is 23.7 Å². The average Bonchev–Trinajstić information content (AvgIpc) is 2.82. The lowest BCUT2D eigenvalue weighted by Crippen LogP contribution is -2.53. The summed E-state index contributed by atoms with van der Waals surface area (Å²) < 4.78 is 0. The zero-order chi connectivity index (χ0) is 12.3. The Kier molecular flexibility index (Phi) is 4.18. The molecule has 4 heteroatoms. The Bertz CT molecular complexity index is 289. The van der Waals surface area contributed by atoms with Gasteiger partial charge < -0.3 is 10.2 Å². The first-order valence-electron chi connectivity index (χ1n) is 6.56. The molecule has 0 aromatic rings. The van der Waals surface area contributed by atoms with E-state index in [9.17, 15) is 4.79 Å². The van der Waals surface area contributed by atoms with Gasteiger partial charge in [-0.1, -0.05) is 12.2 Å². The van der Waals surface area contributed by atoms with Crippen LogP contribution in [0.4, 0.5) is 0 Å². The SMILES string of the molecule is C=C(C)CN1CCN(C(=O)C2CCCN2)CC1. The molecule has 1 N–H and O–H groups in total. The maximum atomic E-state index is 12.2. The maximum Gasteiger partial charge on any atom is 0.239 e. The molecule has 4 nitrogen and oxygen atoms in total. The van der Waals surface area contributed by atoms with E-state index in [1.807, 2.05) is 4.90 Å². The van der Waals surface area contributed by atoms with Gasteiger partial charge in [0, 0.05) is 32.7 Å². The standard InChI is InChI=1S/C13H23N3O/c1-11(2)10-15-6-8-16(9-7-15)13(17)12-4-3-5-14-12/h12,14H,1,3-10H2,2H3. The third kappa shape index (κ3) is 3.30. The largest absolute Gasteiger partial charge is 0.339 e. The van der Waals surface area contributed by atoms with Crippen LogP contribution in [0.15, 0.2) is 12.2 Å². The summed E-state index contributed by atoms with van der Waals surface area (Å²) in [6.07, 6.45) is 2.14.